The van der Waals surface area contributed by atoms with E-state index in [1.54, 1.807) is 4.90 Å². The summed E-state index contributed by atoms with van der Waals surface area (Å²) in [5, 5.41) is 3.52. The molecule has 1 saturated carbocycles. The minimum absolute atomic E-state index is 0.218. The molecular formula is C13H26N2O. The third-order valence-corrected chi connectivity index (χ3v) is 3.63. The van der Waals surface area contributed by atoms with Crippen LogP contribution < -0.4 is 5.32 Å². The Morgan fingerprint density at radius 1 is 1.38 bits per heavy atom. The van der Waals surface area contributed by atoms with Crippen LogP contribution in [0.1, 0.15) is 45.4 Å². The second kappa shape index (κ2) is 6.89. The normalized spacial score (nSPS) is 25.4. The van der Waals surface area contributed by atoms with Gasteiger partial charge in [-0.1, -0.05) is 26.2 Å². The Kier molecular flexibility index (Phi) is 5.81. The van der Waals surface area contributed by atoms with Gasteiger partial charge in [0.15, 0.2) is 0 Å². The molecule has 1 amide bonds. The van der Waals surface area contributed by atoms with E-state index in [9.17, 15) is 4.79 Å². The van der Waals surface area contributed by atoms with E-state index in [0.717, 1.165) is 12.5 Å². The van der Waals surface area contributed by atoms with Gasteiger partial charge in [0.25, 0.3) is 0 Å². The van der Waals surface area contributed by atoms with Gasteiger partial charge in [0.2, 0.25) is 5.91 Å². The van der Waals surface area contributed by atoms with Crippen LogP contribution in [-0.4, -0.2) is 37.5 Å². The van der Waals surface area contributed by atoms with Gasteiger partial charge in [-0.05, 0) is 18.8 Å². The van der Waals surface area contributed by atoms with Crippen molar-refractivity contribution in [3.8, 4) is 0 Å². The minimum atomic E-state index is 0.218. The van der Waals surface area contributed by atoms with Gasteiger partial charge in [0.05, 0.1) is 0 Å². The quantitative estimate of drug-likeness (QED) is 0.778. The lowest BCUT2D eigenvalue weighted by Gasteiger charge is -2.29. The van der Waals surface area contributed by atoms with E-state index in [1.807, 2.05) is 14.1 Å². The van der Waals surface area contributed by atoms with Crippen molar-refractivity contribution in [2.24, 2.45) is 5.92 Å². The van der Waals surface area contributed by atoms with Gasteiger partial charge in [0.1, 0.15) is 0 Å². The average molecular weight is 226 g/mol. The molecular weight excluding hydrogens is 200 g/mol. The Morgan fingerprint density at radius 3 is 2.75 bits per heavy atom. The van der Waals surface area contributed by atoms with Crippen LogP contribution in [0.25, 0.3) is 0 Å². The molecule has 2 unspecified atom stereocenters. The molecule has 2 atom stereocenters. The fourth-order valence-electron chi connectivity index (χ4n) is 2.45. The summed E-state index contributed by atoms with van der Waals surface area (Å²) >= 11 is 0. The molecule has 1 fully saturated rings. The first-order valence-electron chi connectivity index (χ1n) is 6.57. The maximum absolute atomic E-state index is 11.4. The Labute approximate surface area is 99.6 Å². The van der Waals surface area contributed by atoms with Crippen molar-refractivity contribution >= 4 is 5.91 Å². The molecule has 1 rings (SSSR count). The van der Waals surface area contributed by atoms with Gasteiger partial charge in [-0.2, -0.15) is 0 Å². The van der Waals surface area contributed by atoms with Crippen LogP contribution in [0.2, 0.25) is 0 Å². The molecule has 0 aromatic heterocycles. The molecule has 0 spiro atoms. The number of carbonyl (C=O) groups excluding carboxylic acids is 1. The molecule has 0 aromatic carbocycles. The zero-order valence-electron chi connectivity index (χ0n) is 11.0. The Hall–Kier alpha value is -0.570. The van der Waals surface area contributed by atoms with E-state index in [0.29, 0.717) is 12.5 Å². The predicted molar refractivity (Wildman–Crippen MR) is 67.4 cm³/mol. The van der Waals surface area contributed by atoms with Gasteiger partial charge in [-0.25, -0.2) is 0 Å². The Balaban J connectivity index is 2.15. The average Bonchev–Trinajstić information content (AvgIpc) is 2.29. The number of hydrogen-bond donors (Lipinski definition) is 1. The van der Waals surface area contributed by atoms with E-state index >= 15 is 0 Å². The topological polar surface area (TPSA) is 32.3 Å². The second-order valence-corrected chi connectivity index (χ2v) is 5.13. The summed E-state index contributed by atoms with van der Waals surface area (Å²) in [5.74, 6) is 1.12. The summed E-state index contributed by atoms with van der Waals surface area (Å²) in [6.07, 6.45) is 7.25. The molecule has 3 nitrogen and oxygen atoms in total. The van der Waals surface area contributed by atoms with Crippen molar-refractivity contribution in [3.05, 3.63) is 0 Å². The van der Waals surface area contributed by atoms with Crippen LogP contribution in [0.15, 0.2) is 0 Å². The third-order valence-electron chi connectivity index (χ3n) is 3.63. The first-order chi connectivity index (χ1) is 7.63. The number of hydrogen-bond acceptors (Lipinski definition) is 2. The van der Waals surface area contributed by atoms with E-state index in [1.165, 1.54) is 32.1 Å². The fourth-order valence-corrected chi connectivity index (χ4v) is 2.45. The Morgan fingerprint density at radius 2 is 2.12 bits per heavy atom. The lowest BCUT2D eigenvalue weighted by molar-refractivity contribution is -0.128. The molecule has 0 saturated heterocycles. The van der Waals surface area contributed by atoms with E-state index in [2.05, 4.69) is 12.2 Å². The van der Waals surface area contributed by atoms with E-state index < -0.39 is 0 Å². The first-order valence-corrected chi connectivity index (χ1v) is 6.57. The van der Waals surface area contributed by atoms with Crippen LogP contribution in [-0.2, 0) is 4.79 Å². The maximum atomic E-state index is 11.4. The van der Waals surface area contributed by atoms with Crippen molar-refractivity contribution in [1.29, 1.82) is 0 Å². The highest BCUT2D eigenvalue weighted by Gasteiger charge is 2.20. The van der Waals surface area contributed by atoms with E-state index in [4.69, 9.17) is 0 Å². The molecule has 0 radical (unpaired) electrons. The SMILES string of the molecule is CCC1CCCC(NCCC(=O)N(C)C)C1. The fraction of sp³-hybridized carbons (Fsp3) is 0.923. The van der Waals surface area contributed by atoms with Crippen LogP contribution >= 0.6 is 0 Å². The number of nitrogens with zero attached hydrogens (tertiary/aromatic N) is 1. The number of carbonyl (C=O) groups is 1. The van der Waals surface area contributed by atoms with Gasteiger partial charge in [-0.15, -0.1) is 0 Å². The standard InChI is InChI=1S/C13H26N2O/c1-4-11-6-5-7-12(10-11)14-9-8-13(16)15(2)3/h11-12,14H,4-10H2,1-3H3. The largest absolute Gasteiger partial charge is 0.349 e. The summed E-state index contributed by atoms with van der Waals surface area (Å²) in [6, 6.07) is 0.647. The van der Waals surface area contributed by atoms with Crippen LogP contribution in [0.4, 0.5) is 0 Å². The molecule has 1 N–H and O–H groups in total. The van der Waals surface area contributed by atoms with Crippen molar-refractivity contribution in [1.82, 2.24) is 10.2 Å². The summed E-state index contributed by atoms with van der Waals surface area (Å²) < 4.78 is 0. The van der Waals surface area contributed by atoms with Crippen molar-refractivity contribution in [2.45, 2.75) is 51.5 Å². The smallest absolute Gasteiger partial charge is 0.223 e. The summed E-state index contributed by atoms with van der Waals surface area (Å²) in [5.41, 5.74) is 0. The summed E-state index contributed by atoms with van der Waals surface area (Å²) in [6.45, 7) is 3.11. The molecule has 0 heterocycles. The van der Waals surface area contributed by atoms with Crippen LogP contribution in [0.3, 0.4) is 0 Å². The maximum Gasteiger partial charge on any atom is 0.223 e. The highest BCUT2D eigenvalue weighted by Crippen LogP contribution is 2.26. The second-order valence-electron chi connectivity index (χ2n) is 5.13. The zero-order valence-corrected chi connectivity index (χ0v) is 11.0. The van der Waals surface area contributed by atoms with Gasteiger partial charge in [-0.3, -0.25) is 4.79 Å². The molecule has 0 aromatic rings. The summed E-state index contributed by atoms with van der Waals surface area (Å²) in [4.78, 5) is 13.1. The number of nitrogens with one attached hydrogen (secondary N) is 1. The molecule has 1 aliphatic rings. The number of amides is 1. The van der Waals surface area contributed by atoms with Crippen LogP contribution in [0, 0.1) is 5.92 Å². The van der Waals surface area contributed by atoms with Gasteiger partial charge in [0, 0.05) is 33.1 Å². The van der Waals surface area contributed by atoms with Crippen LogP contribution in [0.5, 0.6) is 0 Å². The van der Waals surface area contributed by atoms with Gasteiger partial charge < -0.3 is 10.2 Å². The third kappa shape index (κ3) is 4.52. The zero-order chi connectivity index (χ0) is 12.0. The molecule has 1 aliphatic carbocycles. The molecule has 94 valence electrons. The predicted octanol–water partition coefficient (Wildman–Crippen LogP) is 2.02. The minimum Gasteiger partial charge on any atom is -0.349 e. The monoisotopic (exact) mass is 226 g/mol. The van der Waals surface area contributed by atoms with E-state index in [-0.39, 0.29) is 5.91 Å². The molecule has 0 aliphatic heterocycles. The summed E-state index contributed by atoms with van der Waals surface area (Å²) in [7, 11) is 3.63. The highest BCUT2D eigenvalue weighted by molar-refractivity contribution is 5.75. The van der Waals surface area contributed by atoms with Crippen molar-refractivity contribution in [3.63, 3.8) is 0 Å². The Bertz CT molecular complexity index is 216. The number of rotatable bonds is 5. The molecule has 0 bridgehead atoms. The van der Waals surface area contributed by atoms with Gasteiger partial charge >= 0.3 is 0 Å². The van der Waals surface area contributed by atoms with Crippen molar-refractivity contribution in [2.75, 3.05) is 20.6 Å². The lowest BCUT2D eigenvalue weighted by Crippen LogP contribution is -2.36. The lowest BCUT2D eigenvalue weighted by atomic mass is 9.84. The molecule has 3 heteroatoms. The first kappa shape index (κ1) is 13.5. The highest BCUT2D eigenvalue weighted by atomic mass is 16.2. The van der Waals surface area contributed by atoms with Crippen molar-refractivity contribution < 1.29 is 4.79 Å². The molecule has 16 heavy (non-hydrogen) atoms.